The molecule has 2 aromatic carbocycles. The summed E-state index contributed by atoms with van der Waals surface area (Å²) < 4.78 is 15.7. The molecule has 0 bridgehead atoms. The third kappa shape index (κ3) is 2.83. The minimum absolute atomic E-state index is 0.460. The van der Waals surface area contributed by atoms with Gasteiger partial charge in [-0.05, 0) is 22.9 Å². The van der Waals surface area contributed by atoms with Crippen molar-refractivity contribution < 1.29 is 19.1 Å². The van der Waals surface area contributed by atoms with Gasteiger partial charge < -0.3 is 14.5 Å². The van der Waals surface area contributed by atoms with Crippen LogP contribution in [0.25, 0.3) is 10.8 Å². The number of hydrogen-bond acceptors (Lipinski definition) is 2. The zero-order valence-corrected chi connectivity index (χ0v) is 9.30. The zero-order chi connectivity index (χ0) is 11.6. The van der Waals surface area contributed by atoms with Crippen molar-refractivity contribution >= 4 is 18.4 Å². The highest BCUT2D eigenvalue weighted by Crippen LogP contribution is 2.34. The van der Waals surface area contributed by atoms with Gasteiger partial charge in [0, 0.05) is 0 Å². The molecular weight excluding hydrogens is 227 g/mol. The molecule has 4 nitrogen and oxygen atoms in total. The molecule has 5 heteroatoms. The van der Waals surface area contributed by atoms with E-state index >= 15 is 0 Å². The second-order valence-corrected chi connectivity index (χ2v) is 5.03. The maximum absolute atomic E-state index is 10.6. The van der Waals surface area contributed by atoms with E-state index in [-0.39, 0.29) is 0 Å². The van der Waals surface area contributed by atoms with Crippen molar-refractivity contribution in [1.82, 2.24) is 0 Å². The molecule has 0 aliphatic carbocycles. The van der Waals surface area contributed by atoms with E-state index in [0.29, 0.717) is 5.75 Å². The van der Waals surface area contributed by atoms with Crippen molar-refractivity contribution in [2.24, 2.45) is 0 Å². The minimum atomic E-state index is -4.11. The summed E-state index contributed by atoms with van der Waals surface area (Å²) in [6.45, 7) is 0. The molecule has 2 rings (SSSR count). The summed E-state index contributed by atoms with van der Waals surface area (Å²) in [6, 6.07) is 13.0. The Morgan fingerprint density at radius 3 is 2.44 bits per heavy atom. The Hall–Kier alpha value is -1.35. The van der Waals surface area contributed by atoms with Gasteiger partial charge in [0.25, 0.3) is 0 Å². The van der Waals surface area contributed by atoms with Crippen LogP contribution in [0.3, 0.4) is 0 Å². The van der Waals surface area contributed by atoms with Crippen LogP contribution in [0.4, 0.5) is 0 Å². The van der Waals surface area contributed by atoms with E-state index in [4.69, 9.17) is 14.5 Å². The van der Waals surface area contributed by atoms with E-state index in [1.54, 1.807) is 12.1 Å². The largest absolute Gasteiger partial charge is 0.481 e. The molecule has 2 aromatic rings. The smallest absolute Gasteiger partial charge is 0.362 e. The second kappa shape index (κ2) is 4.26. The molecule has 84 valence electrons. The van der Waals surface area contributed by atoms with E-state index in [1.165, 1.54) is 0 Å². The van der Waals surface area contributed by atoms with Crippen LogP contribution in [0.1, 0.15) is 0 Å². The lowest BCUT2D eigenvalue weighted by Gasteiger charge is -2.08. The van der Waals surface area contributed by atoms with E-state index in [1.807, 2.05) is 30.3 Å². The van der Waals surface area contributed by atoms with Gasteiger partial charge in [0.2, 0.25) is 0 Å². The monoisotopic (exact) mass is 238 g/mol. The standard InChI is InChI=1S/C11H11O4P/c12-16(13,14)8-15-11-6-5-9-3-1-2-4-10(9)7-11/h1-7H,8H2,(H2,12,13,14). The molecular formula is C11H11O4P. The second-order valence-electron chi connectivity index (χ2n) is 3.45. The highest BCUT2D eigenvalue weighted by molar-refractivity contribution is 7.51. The number of benzene rings is 2. The Morgan fingerprint density at radius 1 is 1.06 bits per heavy atom. The molecule has 16 heavy (non-hydrogen) atoms. The van der Waals surface area contributed by atoms with Crippen LogP contribution in [0, 0.1) is 0 Å². The Morgan fingerprint density at radius 2 is 1.75 bits per heavy atom. The predicted octanol–water partition coefficient (Wildman–Crippen LogP) is 2.35. The number of hydrogen-bond donors (Lipinski definition) is 2. The Kier molecular flexibility index (Phi) is 2.97. The van der Waals surface area contributed by atoms with E-state index in [0.717, 1.165) is 10.8 Å². The molecule has 0 spiro atoms. The zero-order valence-electron chi connectivity index (χ0n) is 8.41. The first-order valence-electron chi connectivity index (χ1n) is 4.71. The third-order valence-corrected chi connectivity index (χ3v) is 2.59. The van der Waals surface area contributed by atoms with Gasteiger partial charge in [-0.25, -0.2) is 0 Å². The number of ether oxygens (including phenoxy) is 1. The van der Waals surface area contributed by atoms with Crippen molar-refractivity contribution in [3.8, 4) is 5.75 Å². The third-order valence-electron chi connectivity index (χ3n) is 2.12. The molecule has 0 amide bonds. The van der Waals surface area contributed by atoms with Crippen molar-refractivity contribution in [1.29, 1.82) is 0 Å². The van der Waals surface area contributed by atoms with Gasteiger partial charge in [-0.3, -0.25) is 4.57 Å². The molecule has 0 fully saturated rings. The predicted molar refractivity (Wildman–Crippen MR) is 61.5 cm³/mol. The van der Waals surface area contributed by atoms with E-state index in [2.05, 4.69) is 0 Å². The molecule has 0 atom stereocenters. The van der Waals surface area contributed by atoms with Crippen molar-refractivity contribution in [3.05, 3.63) is 42.5 Å². The first kappa shape index (κ1) is 11.1. The summed E-state index contributed by atoms with van der Waals surface area (Å²) in [7, 11) is -4.11. The van der Waals surface area contributed by atoms with Gasteiger partial charge in [-0.1, -0.05) is 30.3 Å². The van der Waals surface area contributed by atoms with E-state index < -0.39 is 13.9 Å². The van der Waals surface area contributed by atoms with Crippen LogP contribution in [0.5, 0.6) is 5.75 Å². The lowest BCUT2D eigenvalue weighted by Crippen LogP contribution is -1.97. The Bertz CT molecular complexity index is 546. The molecule has 0 aromatic heterocycles. The van der Waals surface area contributed by atoms with Gasteiger partial charge in [-0.2, -0.15) is 0 Å². The van der Waals surface area contributed by atoms with Crippen LogP contribution >= 0.6 is 7.60 Å². The summed E-state index contributed by atoms with van der Waals surface area (Å²) in [5.41, 5.74) is 0. The van der Waals surface area contributed by atoms with Gasteiger partial charge in [-0.15, -0.1) is 0 Å². The lowest BCUT2D eigenvalue weighted by atomic mass is 10.1. The maximum atomic E-state index is 10.6. The summed E-state index contributed by atoms with van der Waals surface area (Å²) in [5.74, 6) is 0.460. The van der Waals surface area contributed by atoms with Gasteiger partial charge in [0.15, 0.2) is 6.35 Å². The van der Waals surface area contributed by atoms with E-state index in [9.17, 15) is 4.57 Å². The fourth-order valence-electron chi connectivity index (χ4n) is 1.42. The van der Waals surface area contributed by atoms with Crippen molar-refractivity contribution in [3.63, 3.8) is 0 Å². The fourth-order valence-corrected chi connectivity index (χ4v) is 1.73. The molecule has 2 N–H and O–H groups in total. The molecule has 0 aliphatic heterocycles. The molecule has 0 saturated carbocycles. The summed E-state index contributed by atoms with van der Waals surface area (Å²) >= 11 is 0. The molecule has 0 unspecified atom stereocenters. The topological polar surface area (TPSA) is 66.8 Å². The fraction of sp³-hybridized carbons (Fsp3) is 0.0909. The van der Waals surface area contributed by atoms with Gasteiger partial charge in [0.1, 0.15) is 5.75 Å². The number of rotatable bonds is 3. The number of fused-ring (bicyclic) bond motifs is 1. The van der Waals surface area contributed by atoms with Gasteiger partial charge >= 0.3 is 7.60 Å². The summed E-state index contributed by atoms with van der Waals surface area (Å²) in [4.78, 5) is 17.4. The van der Waals surface area contributed by atoms with Crippen molar-refractivity contribution in [2.45, 2.75) is 0 Å². The van der Waals surface area contributed by atoms with Crippen molar-refractivity contribution in [2.75, 3.05) is 6.35 Å². The molecule has 0 radical (unpaired) electrons. The molecule has 0 saturated heterocycles. The Labute approximate surface area is 92.6 Å². The molecule has 0 heterocycles. The quantitative estimate of drug-likeness (QED) is 0.805. The average molecular weight is 238 g/mol. The van der Waals surface area contributed by atoms with Gasteiger partial charge in [0.05, 0.1) is 0 Å². The van der Waals surface area contributed by atoms with Crippen LogP contribution in [0.15, 0.2) is 42.5 Å². The average Bonchev–Trinajstić information content (AvgIpc) is 2.25. The van der Waals surface area contributed by atoms with Crippen LogP contribution < -0.4 is 4.74 Å². The van der Waals surface area contributed by atoms with Crippen LogP contribution in [-0.2, 0) is 4.57 Å². The lowest BCUT2D eigenvalue weighted by molar-refractivity contribution is 0.301. The highest BCUT2D eigenvalue weighted by Gasteiger charge is 2.13. The van der Waals surface area contributed by atoms with Crippen LogP contribution in [0.2, 0.25) is 0 Å². The van der Waals surface area contributed by atoms with Crippen LogP contribution in [-0.4, -0.2) is 16.1 Å². The first-order chi connectivity index (χ1) is 7.54. The molecule has 0 aliphatic rings. The normalized spacial score (nSPS) is 11.6. The maximum Gasteiger partial charge on any atom is 0.362 e. The first-order valence-corrected chi connectivity index (χ1v) is 6.50. The Balaban J connectivity index is 2.23. The summed E-state index contributed by atoms with van der Waals surface area (Å²) in [6.07, 6.45) is -0.592. The minimum Gasteiger partial charge on any atom is -0.481 e. The highest BCUT2D eigenvalue weighted by atomic mass is 31.2. The SMILES string of the molecule is O=P(O)(O)COc1ccc2ccccc2c1. The summed E-state index contributed by atoms with van der Waals surface area (Å²) in [5, 5.41) is 2.04.